The van der Waals surface area contributed by atoms with E-state index in [1.54, 1.807) is 0 Å². The van der Waals surface area contributed by atoms with Gasteiger partial charge in [0.25, 0.3) is 0 Å². The molecule has 1 heteroatoms. The van der Waals surface area contributed by atoms with E-state index < -0.39 is 0 Å². The van der Waals surface area contributed by atoms with Crippen molar-refractivity contribution in [3.63, 3.8) is 0 Å². The van der Waals surface area contributed by atoms with Gasteiger partial charge in [-0.1, -0.05) is 39.0 Å². The lowest BCUT2D eigenvalue weighted by molar-refractivity contribution is 0.548. The zero-order chi connectivity index (χ0) is 13.6. The molecule has 1 nitrogen and oxygen atoms in total. The lowest BCUT2D eigenvalue weighted by atomic mass is 9.85. The van der Waals surface area contributed by atoms with Crippen molar-refractivity contribution in [1.82, 2.24) is 0 Å². The van der Waals surface area contributed by atoms with Crippen LogP contribution in [0.25, 0.3) is 0 Å². The van der Waals surface area contributed by atoms with Gasteiger partial charge in [0.15, 0.2) is 0 Å². The Morgan fingerprint density at radius 2 is 1.67 bits per heavy atom. The topological polar surface area (TPSA) is 3.24 Å². The van der Waals surface area contributed by atoms with Crippen LogP contribution in [0.4, 0.5) is 5.69 Å². The fraction of sp³-hybridized carbons (Fsp3) is 0.529. The van der Waals surface area contributed by atoms with Gasteiger partial charge in [0.2, 0.25) is 0 Å². The quantitative estimate of drug-likeness (QED) is 0.640. The maximum absolute atomic E-state index is 2.39. The third-order valence-electron chi connectivity index (χ3n) is 3.53. The first kappa shape index (κ1) is 13.2. The van der Waals surface area contributed by atoms with E-state index in [0.29, 0.717) is 0 Å². The summed E-state index contributed by atoms with van der Waals surface area (Å²) in [5.41, 5.74) is 4.55. The van der Waals surface area contributed by atoms with Crippen LogP contribution in [0.1, 0.15) is 52.7 Å². The van der Waals surface area contributed by atoms with Crippen molar-refractivity contribution in [3.05, 3.63) is 41.6 Å². The predicted octanol–water partition coefficient (Wildman–Crippen LogP) is 4.66. The number of allylic oxidation sites excluding steroid dienone is 1. The molecule has 0 saturated heterocycles. The van der Waals surface area contributed by atoms with Gasteiger partial charge in [-0.05, 0) is 49.8 Å². The molecular weight excluding hydrogens is 218 g/mol. The summed E-state index contributed by atoms with van der Waals surface area (Å²) in [5, 5.41) is 0. The van der Waals surface area contributed by atoms with Gasteiger partial charge in [-0.15, -0.1) is 0 Å². The molecule has 0 radical (unpaired) electrons. The second kappa shape index (κ2) is 4.15. The Hall–Kier alpha value is -1.24. The van der Waals surface area contributed by atoms with E-state index in [4.69, 9.17) is 0 Å². The van der Waals surface area contributed by atoms with Gasteiger partial charge in [0, 0.05) is 17.4 Å². The molecule has 1 aliphatic rings. The molecule has 0 aromatic heterocycles. The van der Waals surface area contributed by atoms with Crippen LogP contribution in [-0.2, 0) is 11.8 Å². The molecule has 1 aliphatic heterocycles. The second-order valence-electron chi connectivity index (χ2n) is 7.22. The largest absolute Gasteiger partial charge is 0.343 e. The number of nitrogens with zero attached hydrogens (tertiary/aromatic N) is 1. The molecule has 0 unspecified atom stereocenters. The lowest BCUT2D eigenvalue weighted by Crippen LogP contribution is -2.39. The van der Waals surface area contributed by atoms with Gasteiger partial charge < -0.3 is 4.90 Å². The highest BCUT2D eigenvalue weighted by atomic mass is 15.2. The van der Waals surface area contributed by atoms with Gasteiger partial charge in [0.1, 0.15) is 0 Å². The first-order chi connectivity index (χ1) is 8.19. The first-order valence-electron chi connectivity index (χ1n) is 6.79. The van der Waals surface area contributed by atoms with Crippen LogP contribution >= 0.6 is 0 Å². The molecule has 2 rings (SSSR count). The fourth-order valence-electron chi connectivity index (χ4n) is 2.38. The van der Waals surface area contributed by atoms with Gasteiger partial charge in [-0.2, -0.15) is 0 Å². The second-order valence-corrected chi connectivity index (χ2v) is 7.22. The summed E-state index contributed by atoms with van der Waals surface area (Å²) in [6, 6.07) is 6.93. The number of benzene rings is 1. The Kier molecular flexibility index (Phi) is 3.04. The van der Waals surface area contributed by atoms with Crippen LogP contribution in [0, 0.1) is 0 Å². The van der Waals surface area contributed by atoms with Crippen molar-refractivity contribution >= 4 is 5.69 Å². The molecule has 0 atom stereocenters. The maximum atomic E-state index is 2.39. The van der Waals surface area contributed by atoms with Crippen molar-refractivity contribution in [3.8, 4) is 0 Å². The molecule has 0 spiro atoms. The molecule has 0 aliphatic carbocycles. The summed E-state index contributed by atoms with van der Waals surface area (Å²) in [7, 11) is 0. The van der Waals surface area contributed by atoms with Crippen molar-refractivity contribution in [2.45, 2.75) is 58.9 Å². The Balaban J connectivity index is 2.51. The van der Waals surface area contributed by atoms with Crippen LogP contribution in [0.2, 0.25) is 0 Å². The number of rotatable bonds is 0. The minimum atomic E-state index is 0.127. The van der Waals surface area contributed by atoms with Crippen molar-refractivity contribution in [2.75, 3.05) is 4.90 Å². The van der Waals surface area contributed by atoms with Gasteiger partial charge >= 0.3 is 0 Å². The van der Waals surface area contributed by atoms with Crippen LogP contribution in [-0.4, -0.2) is 5.54 Å². The Morgan fingerprint density at radius 1 is 1.00 bits per heavy atom. The molecule has 1 aromatic rings. The maximum Gasteiger partial charge on any atom is 0.0449 e. The standard InChI is InChI=1S/C17H25N/c1-16(2,3)14-10-9-13-8-7-11-18(15(13)12-14)17(4,5)6/h7,9-12H,8H2,1-6H3. The van der Waals surface area contributed by atoms with E-state index in [2.05, 4.69) is 76.9 Å². The third kappa shape index (κ3) is 2.45. The number of hydrogen-bond acceptors (Lipinski definition) is 1. The highest BCUT2D eigenvalue weighted by Crippen LogP contribution is 2.35. The SMILES string of the molecule is CC(C)(C)c1ccc2c(c1)N(C(C)(C)C)C=CC2. The molecule has 18 heavy (non-hydrogen) atoms. The molecule has 98 valence electrons. The molecule has 0 fully saturated rings. The third-order valence-corrected chi connectivity index (χ3v) is 3.53. The highest BCUT2D eigenvalue weighted by Gasteiger charge is 2.25. The average Bonchev–Trinajstić information content (AvgIpc) is 2.25. The number of hydrogen-bond donors (Lipinski definition) is 0. The molecule has 0 N–H and O–H groups in total. The van der Waals surface area contributed by atoms with Crippen molar-refractivity contribution < 1.29 is 0 Å². The van der Waals surface area contributed by atoms with E-state index in [1.165, 1.54) is 16.8 Å². The summed E-state index contributed by atoms with van der Waals surface area (Å²) < 4.78 is 0. The number of anilines is 1. The van der Waals surface area contributed by atoms with Gasteiger partial charge in [-0.3, -0.25) is 0 Å². The lowest BCUT2D eigenvalue weighted by Gasteiger charge is -2.39. The van der Waals surface area contributed by atoms with Crippen molar-refractivity contribution in [1.29, 1.82) is 0 Å². The summed E-state index contributed by atoms with van der Waals surface area (Å²) in [6.07, 6.45) is 5.53. The minimum Gasteiger partial charge on any atom is -0.343 e. The first-order valence-corrected chi connectivity index (χ1v) is 6.79. The van der Waals surface area contributed by atoms with Crippen LogP contribution in [0.15, 0.2) is 30.5 Å². The average molecular weight is 243 g/mol. The molecule has 0 amide bonds. The van der Waals surface area contributed by atoms with E-state index in [9.17, 15) is 0 Å². The summed E-state index contributed by atoms with van der Waals surface area (Å²) in [5.74, 6) is 0. The number of fused-ring (bicyclic) bond motifs is 1. The van der Waals surface area contributed by atoms with E-state index in [-0.39, 0.29) is 11.0 Å². The van der Waals surface area contributed by atoms with E-state index >= 15 is 0 Å². The Labute approximate surface area is 112 Å². The summed E-state index contributed by atoms with van der Waals surface area (Å²) >= 11 is 0. The normalized spacial score (nSPS) is 15.8. The Morgan fingerprint density at radius 3 is 2.22 bits per heavy atom. The van der Waals surface area contributed by atoms with E-state index in [1.807, 2.05) is 0 Å². The molecule has 0 saturated carbocycles. The predicted molar refractivity (Wildman–Crippen MR) is 80.2 cm³/mol. The smallest absolute Gasteiger partial charge is 0.0449 e. The Bertz CT molecular complexity index is 469. The highest BCUT2D eigenvalue weighted by molar-refractivity contribution is 5.62. The van der Waals surface area contributed by atoms with Gasteiger partial charge in [0.05, 0.1) is 0 Å². The summed E-state index contributed by atoms with van der Waals surface area (Å²) in [6.45, 7) is 13.6. The monoisotopic (exact) mass is 243 g/mol. The van der Waals surface area contributed by atoms with E-state index in [0.717, 1.165) is 6.42 Å². The zero-order valence-corrected chi connectivity index (χ0v) is 12.5. The summed E-state index contributed by atoms with van der Waals surface area (Å²) in [4.78, 5) is 2.39. The van der Waals surface area contributed by atoms with Crippen LogP contribution < -0.4 is 4.90 Å². The zero-order valence-electron chi connectivity index (χ0n) is 12.5. The minimum absolute atomic E-state index is 0.127. The molecule has 0 bridgehead atoms. The molecule has 1 aromatic carbocycles. The molecule has 1 heterocycles. The van der Waals surface area contributed by atoms with Gasteiger partial charge in [-0.25, -0.2) is 0 Å². The van der Waals surface area contributed by atoms with Crippen LogP contribution in [0.3, 0.4) is 0 Å². The van der Waals surface area contributed by atoms with Crippen molar-refractivity contribution in [2.24, 2.45) is 0 Å². The molecular formula is C17H25N. The fourth-order valence-corrected chi connectivity index (χ4v) is 2.38. The van der Waals surface area contributed by atoms with Crippen LogP contribution in [0.5, 0.6) is 0 Å².